The number of nitrogens with two attached hydrogens (primary N) is 1. The van der Waals surface area contributed by atoms with Crippen molar-refractivity contribution in [2.45, 2.75) is 10.8 Å². The van der Waals surface area contributed by atoms with Crippen LogP contribution in [0, 0.1) is 5.82 Å². The summed E-state index contributed by atoms with van der Waals surface area (Å²) in [6, 6.07) is 7.70. The quantitative estimate of drug-likeness (QED) is 0.931. The van der Waals surface area contributed by atoms with Crippen molar-refractivity contribution in [3.05, 3.63) is 47.9 Å². The van der Waals surface area contributed by atoms with Crippen LogP contribution in [0.25, 0.3) is 0 Å². The summed E-state index contributed by atoms with van der Waals surface area (Å²) >= 11 is 0. The lowest BCUT2D eigenvalue weighted by Crippen LogP contribution is -2.04. The van der Waals surface area contributed by atoms with Crippen molar-refractivity contribution in [2.24, 2.45) is 0 Å². The Morgan fingerprint density at radius 2 is 2.21 bits per heavy atom. The number of benzene rings is 1. The molecular weight excluding hydrogens is 267 g/mol. The van der Waals surface area contributed by atoms with Gasteiger partial charge in [0, 0.05) is 17.8 Å². The molecule has 0 amide bonds. The highest BCUT2D eigenvalue weighted by molar-refractivity contribution is 7.84. The molecule has 1 unspecified atom stereocenters. The van der Waals surface area contributed by atoms with Crippen LogP contribution in [-0.4, -0.2) is 16.3 Å². The fourth-order valence-electron chi connectivity index (χ4n) is 1.58. The van der Waals surface area contributed by atoms with Gasteiger partial charge in [-0.25, -0.2) is 9.37 Å². The van der Waals surface area contributed by atoms with Gasteiger partial charge in [0.05, 0.1) is 29.3 Å². The second-order valence-corrected chi connectivity index (χ2v) is 5.21. The monoisotopic (exact) mass is 280 g/mol. The van der Waals surface area contributed by atoms with Crippen molar-refractivity contribution in [2.75, 3.05) is 12.8 Å². The summed E-state index contributed by atoms with van der Waals surface area (Å²) in [7, 11) is -0.0222. The summed E-state index contributed by atoms with van der Waals surface area (Å²) in [4.78, 5) is 3.97. The first-order chi connectivity index (χ1) is 9.11. The van der Waals surface area contributed by atoms with Gasteiger partial charge in [0.1, 0.15) is 16.6 Å². The molecule has 2 rings (SSSR count). The van der Waals surface area contributed by atoms with Crippen molar-refractivity contribution in [1.82, 2.24) is 4.98 Å². The number of nitrogen functional groups attached to an aromatic ring is 1. The van der Waals surface area contributed by atoms with E-state index in [1.54, 1.807) is 24.3 Å². The molecular formula is C13H13FN2O2S. The second kappa shape index (κ2) is 5.79. The predicted molar refractivity (Wildman–Crippen MR) is 71.7 cm³/mol. The van der Waals surface area contributed by atoms with Gasteiger partial charge < -0.3 is 10.5 Å². The summed E-state index contributed by atoms with van der Waals surface area (Å²) in [5, 5.41) is 0.276. The maximum absolute atomic E-state index is 13.7. The lowest BCUT2D eigenvalue weighted by atomic mass is 10.2. The summed E-state index contributed by atoms with van der Waals surface area (Å²) in [6.07, 6.45) is 1.51. The highest BCUT2D eigenvalue weighted by atomic mass is 32.2. The zero-order valence-electron chi connectivity index (χ0n) is 10.3. The summed E-state index contributed by atoms with van der Waals surface area (Å²) in [5.41, 5.74) is 6.37. The molecule has 0 fully saturated rings. The van der Waals surface area contributed by atoms with Crippen molar-refractivity contribution >= 4 is 16.5 Å². The van der Waals surface area contributed by atoms with E-state index in [0.717, 1.165) is 0 Å². The molecule has 0 radical (unpaired) electrons. The number of anilines is 1. The Labute approximate surface area is 112 Å². The minimum Gasteiger partial charge on any atom is -0.497 e. The number of hydrogen-bond acceptors (Lipinski definition) is 4. The summed E-state index contributed by atoms with van der Waals surface area (Å²) in [5.74, 6) is -0.0107. The van der Waals surface area contributed by atoms with Crippen LogP contribution in [0.4, 0.5) is 10.1 Å². The van der Waals surface area contributed by atoms with Crippen LogP contribution in [0.1, 0.15) is 5.56 Å². The topological polar surface area (TPSA) is 65.2 Å². The molecule has 4 nitrogen and oxygen atoms in total. The number of halogens is 1. The first-order valence-electron chi connectivity index (χ1n) is 5.53. The van der Waals surface area contributed by atoms with Gasteiger partial charge >= 0.3 is 0 Å². The molecule has 0 spiro atoms. The highest BCUT2D eigenvalue weighted by Crippen LogP contribution is 2.21. The van der Waals surface area contributed by atoms with E-state index in [0.29, 0.717) is 17.0 Å². The van der Waals surface area contributed by atoms with Crippen molar-refractivity contribution in [1.29, 1.82) is 0 Å². The fourth-order valence-corrected chi connectivity index (χ4v) is 2.74. The molecule has 1 atom stereocenters. The van der Waals surface area contributed by atoms with Crippen LogP contribution in [-0.2, 0) is 16.6 Å². The Balaban J connectivity index is 2.22. The molecule has 19 heavy (non-hydrogen) atoms. The molecule has 2 N–H and O–H groups in total. The Morgan fingerprint density at radius 1 is 1.42 bits per heavy atom. The smallest absolute Gasteiger partial charge is 0.150 e. The van der Waals surface area contributed by atoms with Gasteiger partial charge in [0.25, 0.3) is 0 Å². The van der Waals surface area contributed by atoms with Gasteiger partial charge in [-0.15, -0.1) is 0 Å². The highest BCUT2D eigenvalue weighted by Gasteiger charge is 2.13. The summed E-state index contributed by atoms with van der Waals surface area (Å²) in [6.45, 7) is 0. The van der Waals surface area contributed by atoms with Crippen LogP contribution in [0.5, 0.6) is 5.75 Å². The van der Waals surface area contributed by atoms with E-state index in [-0.39, 0.29) is 10.8 Å². The van der Waals surface area contributed by atoms with Crippen LogP contribution >= 0.6 is 0 Å². The molecule has 6 heteroatoms. The van der Waals surface area contributed by atoms with Crippen molar-refractivity contribution in [3.8, 4) is 5.75 Å². The van der Waals surface area contributed by atoms with Gasteiger partial charge in [-0.3, -0.25) is 4.21 Å². The normalized spacial score (nSPS) is 12.1. The van der Waals surface area contributed by atoms with E-state index < -0.39 is 16.6 Å². The molecule has 1 aromatic carbocycles. The van der Waals surface area contributed by atoms with Gasteiger partial charge in [-0.1, -0.05) is 6.07 Å². The Kier molecular flexibility index (Phi) is 4.11. The van der Waals surface area contributed by atoms with Gasteiger partial charge in [0.15, 0.2) is 0 Å². The molecule has 100 valence electrons. The second-order valence-electron chi connectivity index (χ2n) is 3.84. The first kappa shape index (κ1) is 13.5. The number of rotatable bonds is 4. The SMILES string of the molecule is COc1ccc(CS(=O)c2ncccc2N)c(F)c1. The van der Waals surface area contributed by atoms with Gasteiger partial charge in [-0.05, 0) is 18.2 Å². The Morgan fingerprint density at radius 3 is 2.84 bits per heavy atom. The number of aromatic nitrogens is 1. The standard InChI is InChI=1S/C13H13FN2O2S/c1-18-10-5-4-9(11(14)7-10)8-19(17)13-12(15)3-2-6-16-13/h2-7H,8,15H2,1H3. The van der Waals surface area contributed by atoms with E-state index >= 15 is 0 Å². The Bertz CT molecular complexity index is 619. The van der Waals surface area contributed by atoms with Crippen LogP contribution in [0.3, 0.4) is 0 Å². The Hall–Kier alpha value is -1.95. The maximum Gasteiger partial charge on any atom is 0.150 e. The average molecular weight is 280 g/mol. The van der Waals surface area contributed by atoms with Crippen LogP contribution < -0.4 is 10.5 Å². The van der Waals surface area contributed by atoms with Crippen molar-refractivity contribution in [3.63, 3.8) is 0 Å². The third-order valence-electron chi connectivity index (χ3n) is 2.56. The zero-order valence-corrected chi connectivity index (χ0v) is 11.1. The first-order valence-corrected chi connectivity index (χ1v) is 6.85. The number of methoxy groups -OCH3 is 1. The van der Waals surface area contributed by atoms with Gasteiger partial charge in [-0.2, -0.15) is 0 Å². The molecule has 0 bridgehead atoms. The lowest BCUT2D eigenvalue weighted by molar-refractivity contribution is 0.411. The number of ether oxygens (including phenoxy) is 1. The molecule has 0 saturated carbocycles. The maximum atomic E-state index is 13.7. The third-order valence-corrected chi connectivity index (χ3v) is 3.91. The molecule has 1 heterocycles. The van der Waals surface area contributed by atoms with Crippen LogP contribution in [0.2, 0.25) is 0 Å². The number of hydrogen-bond donors (Lipinski definition) is 1. The fraction of sp³-hybridized carbons (Fsp3) is 0.154. The van der Waals surface area contributed by atoms with Crippen molar-refractivity contribution < 1.29 is 13.3 Å². The predicted octanol–water partition coefficient (Wildman–Crippen LogP) is 2.12. The zero-order chi connectivity index (χ0) is 13.8. The molecule has 2 aromatic rings. The summed E-state index contributed by atoms with van der Waals surface area (Å²) < 4.78 is 30.8. The molecule has 0 aliphatic carbocycles. The third kappa shape index (κ3) is 3.08. The average Bonchev–Trinajstić information content (AvgIpc) is 2.41. The van der Waals surface area contributed by atoms with E-state index in [9.17, 15) is 8.60 Å². The lowest BCUT2D eigenvalue weighted by Gasteiger charge is -2.07. The van der Waals surface area contributed by atoms with Gasteiger partial charge in [0.2, 0.25) is 0 Å². The molecule has 0 saturated heterocycles. The van der Waals surface area contributed by atoms with E-state index in [4.69, 9.17) is 10.5 Å². The number of nitrogens with zero attached hydrogens (tertiary/aromatic N) is 1. The molecule has 1 aromatic heterocycles. The molecule has 0 aliphatic rings. The van der Waals surface area contributed by atoms with E-state index in [1.165, 1.54) is 19.4 Å². The minimum atomic E-state index is -1.48. The molecule has 0 aliphatic heterocycles. The number of pyridine rings is 1. The minimum absolute atomic E-state index is 0.0248. The van der Waals surface area contributed by atoms with Crippen LogP contribution in [0.15, 0.2) is 41.6 Å². The van der Waals surface area contributed by atoms with E-state index in [1.807, 2.05) is 0 Å². The van der Waals surface area contributed by atoms with E-state index in [2.05, 4.69) is 4.98 Å². The largest absolute Gasteiger partial charge is 0.497 e.